The zero-order valence-electron chi connectivity index (χ0n) is 8.60. The van der Waals surface area contributed by atoms with Gasteiger partial charge in [-0.1, -0.05) is 30.3 Å². The summed E-state index contributed by atoms with van der Waals surface area (Å²) in [7, 11) is -1.85. The van der Waals surface area contributed by atoms with E-state index in [1.807, 2.05) is 6.07 Å². The van der Waals surface area contributed by atoms with E-state index in [0.29, 0.717) is 0 Å². The van der Waals surface area contributed by atoms with Crippen molar-refractivity contribution in [1.29, 1.82) is 0 Å². The minimum Gasteiger partial charge on any atom is -0.449 e. The van der Waals surface area contributed by atoms with Crippen LogP contribution >= 0.6 is 0 Å². The van der Waals surface area contributed by atoms with E-state index in [0.717, 1.165) is 10.5 Å². The Bertz CT molecular complexity index is 246. The maximum absolute atomic E-state index is 5.76. The van der Waals surface area contributed by atoms with Crippen molar-refractivity contribution < 1.29 is 12.3 Å². The minimum absolute atomic E-state index is 0.680. The Morgan fingerprint density at radius 1 is 1.21 bits per heavy atom. The second kappa shape index (κ2) is 7.28. The molecule has 0 fully saturated rings. The summed E-state index contributed by atoms with van der Waals surface area (Å²) in [6.07, 6.45) is 0. The fraction of sp³-hybridized carbons (Fsp3) is 0.143. The average molecular weight is 261 g/mol. The van der Waals surface area contributed by atoms with Crippen LogP contribution in [0.25, 0.3) is 0 Å². The summed E-state index contributed by atoms with van der Waals surface area (Å²) >= 11 is 0. The predicted molar refractivity (Wildman–Crippen MR) is 69.4 cm³/mol. The molecule has 0 aromatic heterocycles. The molecule has 0 saturated carbocycles. The summed E-state index contributed by atoms with van der Waals surface area (Å²) in [5.41, 5.74) is 0. The Labute approximate surface area is 94.2 Å². The van der Waals surface area contributed by atoms with Crippen LogP contribution in [-0.2, 0) is 12.3 Å². The molecule has 1 aromatic carbocycles. The highest BCUT2D eigenvalue weighted by Crippen LogP contribution is 1.89. The van der Waals surface area contributed by atoms with E-state index in [2.05, 4.69) is 30.8 Å². The highest BCUT2D eigenvalue weighted by molar-refractivity contribution is 6.70. The van der Waals surface area contributed by atoms with Crippen LogP contribution in [0.2, 0.25) is 6.55 Å². The van der Waals surface area contributed by atoms with Gasteiger partial charge in [0.15, 0.2) is 9.04 Å². The summed E-state index contributed by atoms with van der Waals surface area (Å²) in [5, 5.41) is 1.34. The van der Waals surface area contributed by atoms with Crippen molar-refractivity contribution in [2.75, 3.05) is 0 Å². The van der Waals surface area contributed by atoms with Gasteiger partial charge in [0.2, 0.25) is 0 Å². The molecule has 0 aliphatic carbocycles. The van der Waals surface area contributed by atoms with Gasteiger partial charge in [-0.15, -0.1) is 0 Å². The molecule has 1 aromatic rings. The van der Waals surface area contributed by atoms with Crippen molar-refractivity contribution in [1.82, 2.24) is 0 Å². The van der Waals surface area contributed by atoms with Gasteiger partial charge in [-0.3, -0.25) is 0 Å². The van der Waals surface area contributed by atoms with Crippen LogP contribution in [0.4, 0.5) is 0 Å². The molecule has 0 radical (unpaired) electrons. The van der Waals surface area contributed by atoms with E-state index in [1.165, 1.54) is 5.19 Å². The number of hydrogen-bond acceptors (Lipinski definition) is 3. The summed E-state index contributed by atoms with van der Waals surface area (Å²) in [6.45, 7) is 2.19. The lowest BCUT2D eigenvalue weighted by atomic mass is 10.4. The monoisotopic (exact) mass is 260 g/mol. The Morgan fingerprint density at radius 2 is 1.93 bits per heavy atom. The third-order valence-corrected chi connectivity index (χ3v) is 8.02. The standard InChI is InChI=1S/C7H16O3Si4/c1-14(10-13-9-12-8-11)7-5-3-2-4-6-7/h2-6,14H,12-13H2,1,11H3. The molecule has 1 rings (SSSR count). The lowest BCUT2D eigenvalue weighted by Crippen LogP contribution is -2.32. The fourth-order valence-corrected chi connectivity index (χ4v) is 7.13. The van der Waals surface area contributed by atoms with E-state index < -0.39 is 29.1 Å². The first-order chi connectivity index (χ1) is 6.84. The minimum atomic E-state index is -1.19. The fourth-order valence-electron chi connectivity index (χ4n) is 1.09. The Balaban J connectivity index is 2.25. The number of rotatable bonds is 6. The first-order valence-corrected chi connectivity index (χ1v) is 9.90. The number of benzene rings is 1. The van der Waals surface area contributed by atoms with Gasteiger partial charge in [-0.2, -0.15) is 0 Å². The molecule has 0 bridgehead atoms. The molecule has 0 saturated heterocycles. The Kier molecular flexibility index (Phi) is 6.26. The van der Waals surface area contributed by atoms with Gasteiger partial charge in [0.1, 0.15) is 10.5 Å². The zero-order chi connectivity index (χ0) is 10.2. The van der Waals surface area contributed by atoms with Gasteiger partial charge in [0.05, 0.1) is 0 Å². The molecular formula is C7H16O3Si4. The summed E-state index contributed by atoms with van der Waals surface area (Å²) < 4.78 is 16.2. The van der Waals surface area contributed by atoms with Gasteiger partial charge in [0.25, 0.3) is 20.0 Å². The molecule has 0 N–H and O–H groups in total. The maximum atomic E-state index is 5.76. The highest BCUT2D eigenvalue weighted by Gasteiger charge is 2.06. The van der Waals surface area contributed by atoms with Gasteiger partial charge < -0.3 is 12.3 Å². The van der Waals surface area contributed by atoms with Crippen LogP contribution in [-0.4, -0.2) is 39.5 Å². The van der Waals surface area contributed by atoms with Gasteiger partial charge in [-0.25, -0.2) is 0 Å². The molecule has 1 atom stereocenters. The molecule has 14 heavy (non-hydrogen) atoms. The smallest absolute Gasteiger partial charge is 0.284 e. The van der Waals surface area contributed by atoms with Crippen LogP contribution < -0.4 is 5.19 Å². The first kappa shape index (κ1) is 12.0. The van der Waals surface area contributed by atoms with E-state index in [9.17, 15) is 0 Å². The molecule has 1 unspecified atom stereocenters. The van der Waals surface area contributed by atoms with Crippen molar-refractivity contribution in [2.24, 2.45) is 0 Å². The Morgan fingerprint density at radius 3 is 2.57 bits per heavy atom. The molecule has 78 valence electrons. The number of hydrogen-bond donors (Lipinski definition) is 0. The highest BCUT2D eigenvalue weighted by atomic mass is 28.4. The summed E-state index contributed by atoms with van der Waals surface area (Å²) in [4.78, 5) is 0. The molecule has 0 amide bonds. The van der Waals surface area contributed by atoms with Crippen molar-refractivity contribution in [3.05, 3.63) is 30.3 Å². The quantitative estimate of drug-likeness (QED) is 0.421. The predicted octanol–water partition coefficient (Wildman–Crippen LogP) is -2.42. The van der Waals surface area contributed by atoms with Crippen molar-refractivity contribution in [3.8, 4) is 0 Å². The van der Waals surface area contributed by atoms with Crippen LogP contribution in [0, 0.1) is 0 Å². The first-order valence-electron chi connectivity index (χ1n) is 4.58. The normalized spacial score (nSPS) is 14.6. The van der Waals surface area contributed by atoms with Gasteiger partial charge in [0, 0.05) is 0 Å². The zero-order valence-corrected chi connectivity index (χ0v) is 14.6. The van der Waals surface area contributed by atoms with Crippen molar-refractivity contribution in [2.45, 2.75) is 6.55 Å². The van der Waals surface area contributed by atoms with E-state index in [-0.39, 0.29) is 0 Å². The van der Waals surface area contributed by atoms with Crippen LogP contribution in [0.5, 0.6) is 0 Å². The second-order valence-corrected chi connectivity index (χ2v) is 10.6. The molecule has 0 aliphatic heterocycles. The average Bonchev–Trinajstić information content (AvgIpc) is 2.25. The lowest BCUT2D eigenvalue weighted by Gasteiger charge is -2.11. The summed E-state index contributed by atoms with van der Waals surface area (Å²) in [5.74, 6) is 0. The topological polar surface area (TPSA) is 27.7 Å². The molecule has 0 aliphatic rings. The van der Waals surface area contributed by atoms with Crippen molar-refractivity contribution in [3.63, 3.8) is 0 Å². The molecule has 0 heterocycles. The van der Waals surface area contributed by atoms with Crippen molar-refractivity contribution >= 4 is 44.7 Å². The van der Waals surface area contributed by atoms with Crippen LogP contribution in [0.1, 0.15) is 0 Å². The molecule has 0 spiro atoms. The van der Waals surface area contributed by atoms with E-state index in [4.69, 9.17) is 12.3 Å². The van der Waals surface area contributed by atoms with Gasteiger partial charge >= 0.3 is 0 Å². The lowest BCUT2D eigenvalue weighted by molar-refractivity contribution is 0.436. The third-order valence-electron chi connectivity index (χ3n) is 1.87. The maximum Gasteiger partial charge on any atom is 0.284 e. The van der Waals surface area contributed by atoms with E-state index in [1.54, 1.807) is 0 Å². The van der Waals surface area contributed by atoms with Gasteiger partial charge in [-0.05, 0) is 11.7 Å². The van der Waals surface area contributed by atoms with Crippen LogP contribution in [0.3, 0.4) is 0 Å². The second-order valence-electron chi connectivity index (χ2n) is 2.95. The molecular weight excluding hydrogens is 244 g/mol. The molecule has 3 nitrogen and oxygen atoms in total. The molecule has 7 heteroatoms. The third kappa shape index (κ3) is 4.46. The summed E-state index contributed by atoms with van der Waals surface area (Å²) in [6, 6.07) is 10.4. The van der Waals surface area contributed by atoms with E-state index >= 15 is 0 Å². The Hall–Kier alpha value is -0.0325. The SMILES string of the molecule is C[SiH](O[SiH2]O[SiH2]O[SiH3])c1ccccc1. The largest absolute Gasteiger partial charge is 0.449 e. The van der Waals surface area contributed by atoms with Crippen LogP contribution in [0.15, 0.2) is 30.3 Å².